The van der Waals surface area contributed by atoms with Crippen LogP contribution in [0.15, 0.2) is 12.3 Å². The zero-order chi connectivity index (χ0) is 8.39. The van der Waals surface area contributed by atoms with Crippen molar-refractivity contribution in [3.8, 4) is 0 Å². The van der Waals surface area contributed by atoms with E-state index in [0.717, 1.165) is 18.8 Å². The fourth-order valence-corrected chi connectivity index (χ4v) is 1.35. The van der Waals surface area contributed by atoms with E-state index in [0.29, 0.717) is 0 Å². The molecule has 0 aromatic carbocycles. The van der Waals surface area contributed by atoms with Crippen molar-refractivity contribution in [2.75, 3.05) is 18.1 Å². The molecular weight excluding hydrogens is 154 g/mol. The first-order valence-electron chi connectivity index (χ1n) is 3.98. The lowest BCUT2D eigenvalue weighted by molar-refractivity contribution is 0.225. The van der Waals surface area contributed by atoms with Crippen molar-refractivity contribution in [1.29, 1.82) is 0 Å². The maximum Gasteiger partial charge on any atom is 0.199 e. The van der Waals surface area contributed by atoms with Crippen LogP contribution in [0, 0.1) is 6.33 Å². The minimum Gasteiger partial charge on any atom is -0.394 e. The summed E-state index contributed by atoms with van der Waals surface area (Å²) in [7, 11) is 0. The quantitative estimate of drug-likeness (QED) is 0.660. The van der Waals surface area contributed by atoms with Crippen molar-refractivity contribution < 1.29 is 5.11 Å². The Labute approximate surface area is 70.9 Å². The summed E-state index contributed by atoms with van der Waals surface area (Å²) in [5.41, 5.74) is 0. The van der Waals surface area contributed by atoms with Crippen LogP contribution in [0.4, 0.5) is 5.82 Å². The minimum absolute atomic E-state index is 0.198. The Morgan fingerprint density at radius 3 is 3.17 bits per heavy atom. The van der Waals surface area contributed by atoms with E-state index in [1.165, 1.54) is 0 Å². The number of hydrogen-bond donors (Lipinski definition) is 1. The van der Waals surface area contributed by atoms with Gasteiger partial charge in [-0.2, -0.15) is 0 Å². The summed E-state index contributed by atoms with van der Waals surface area (Å²) in [4.78, 5) is 9.74. The van der Waals surface area contributed by atoms with Crippen LogP contribution in [0.25, 0.3) is 0 Å². The van der Waals surface area contributed by atoms with Crippen molar-refractivity contribution in [3.63, 3.8) is 0 Å². The highest BCUT2D eigenvalue weighted by Gasteiger charge is 2.27. The van der Waals surface area contributed by atoms with Crippen molar-refractivity contribution >= 4 is 5.82 Å². The molecule has 4 nitrogen and oxygen atoms in total. The summed E-state index contributed by atoms with van der Waals surface area (Å²) < 4.78 is 0. The maximum absolute atomic E-state index is 8.92. The smallest absolute Gasteiger partial charge is 0.199 e. The molecule has 1 atom stereocenters. The van der Waals surface area contributed by atoms with Gasteiger partial charge in [-0.1, -0.05) is 0 Å². The van der Waals surface area contributed by atoms with Gasteiger partial charge in [0.25, 0.3) is 0 Å². The molecule has 1 aromatic rings. The topological polar surface area (TPSA) is 49.2 Å². The van der Waals surface area contributed by atoms with Gasteiger partial charge in [0.15, 0.2) is 6.33 Å². The molecule has 0 bridgehead atoms. The van der Waals surface area contributed by atoms with Crippen LogP contribution in [-0.2, 0) is 0 Å². The number of anilines is 1. The van der Waals surface area contributed by atoms with E-state index in [2.05, 4.69) is 21.2 Å². The fraction of sp³-hybridized carbons (Fsp3) is 0.500. The average molecular weight is 164 g/mol. The Morgan fingerprint density at radius 1 is 1.75 bits per heavy atom. The molecule has 1 unspecified atom stereocenters. The summed E-state index contributed by atoms with van der Waals surface area (Å²) >= 11 is 0. The highest BCUT2D eigenvalue weighted by atomic mass is 16.3. The summed E-state index contributed by atoms with van der Waals surface area (Å²) in [5, 5.41) is 8.92. The van der Waals surface area contributed by atoms with Crippen LogP contribution in [0.1, 0.15) is 6.42 Å². The Balaban J connectivity index is 2.11. The predicted molar refractivity (Wildman–Crippen MR) is 43.7 cm³/mol. The zero-order valence-corrected chi connectivity index (χ0v) is 6.64. The van der Waals surface area contributed by atoms with Gasteiger partial charge in [0, 0.05) is 12.7 Å². The first kappa shape index (κ1) is 7.49. The van der Waals surface area contributed by atoms with E-state index >= 15 is 0 Å². The first-order valence-corrected chi connectivity index (χ1v) is 3.98. The molecule has 1 saturated heterocycles. The molecule has 63 valence electrons. The van der Waals surface area contributed by atoms with Gasteiger partial charge >= 0.3 is 0 Å². The van der Waals surface area contributed by atoms with Crippen LogP contribution >= 0.6 is 0 Å². The van der Waals surface area contributed by atoms with Gasteiger partial charge < -0.3 is 10.0 Å². The van der Waals surface area contributed by atoms with Crippen LogP contribution in [-0.4, -0.2) is 34.3 Å². The number of aliphatic hydroxyl groups excluding tert-OH is 1. The molecule has 1 N–H and O–H groups in total. The van der Waals surface area contributed by atoms with E-state index in [9.17, 15) is 0 Å². The molecule has 1 aliphatic heterocycles. The van der Waals surface area contributed by atoms with Crippen molar-refractivity contribution in [2.24, 2.45) is 0 Å². The minimum atomic E-state index is 0.198. The molecular formula is C8H10N3O. The second-order valence-electron chi connectivity index (χ2n) is 2.83. The lowest BCUT2D eigenvalue weighted by Crippen LogP contribution is -2.50. The zero-order valence-electron chi connectivity index (χ0n) is 6.64. The SMILES string of the molecule is OCC1CCN1c1ccn[c]n1. The van der Waals surface area contributed by atoms with E-state index in [1.54, 1.807) is 6.20 Å². The van der Waals surface area contributed by atoms with E-state index in [4.69, 9.17) is 5.11 Å². The monoisotopic (exact) mass is 164 g/mol. The number of aliphatic hydroxyl groups is 1. The van der Waals surface area contributed by atoms with E-state index < -0.39 is 0 Å². The first-order chi connectivity index (χ1) is 5.92. The number of rotatable bonds is 2. The van der Waals surface area contributed by atoms with Gasteiger partial charge in [0.05, 0.1) is 12.6 Å². The molecule has 1 aromatic heterocycles. The van der Waals surface area contributed by atoms with Gasteiger partial charge in [-0.05, 0) is 12.5 Å². The van der Waals surface area contributed by atoms with E-state index in [-0.39, 0.29) is 12.6 Å². The molecule has 0 spiro atoms. The van der Waals surface area contributed by atoms with Gasteiger partial charge in [0.2, 0.25) is 0 Å². The Morgan fingerprint density at radius 2 is 2.67 bits per heavy atom. The molecule has 1 fully saturated rings. The molecule has 12 heavy (non-hydrogen) atoms. The average Bonchev–Trinajstić information content (AvgIpc) is 2.05. The molecule has 0 aliphatic carbocycles. The largest absolute Gasteiger partial charge is 0.394 e. The third-order valence-corrected chi connectivity index (χ3v) is 2.17. The Hall–Kier alpha value is -1.16. The van der Waals surface area contributed by atoms with Crippen LogP contribution in [0.3, 0.4) is 0 Å². The van der Waals surface area contributed by atoms with Crippen molar-refractivity contribution in [3.05, 3.63) is 18.6 Å². The molecule has 1 radical (unpaired) electrons. The normalized spacial score (nSPS) is 22.1. The molecule has 0 saturated carbocycles. The molecule has 4 heteroatoms. The predicted octanol–water partition coefficient (Wildman–Crippen LogP) is -0.152. The van der Waals surface area contributed by atoms with E-state index in [1.807, 2.05) is 6.07 Å². The van der Waals surface area contributed by atoms with Gasteiger partial charge in [-0.15, -0.1) is 0 Å². The fourth-order valence-electron chi connectivity index (χ4n) is 1.35. The summed E-state index contributed by atoms with van der Waals surface area (Å²) in [6.07, 6.45) is 5.24. The van der Waals surface area contributed by atoms with Crippen LogP contribution in [0.5, 0.6) is 0 Å². The summed E-state index contributed by atoms with van der Waals surface area (Å²) in [6.45, 7) is 1.17. The van der Waals surface area contributed by atoms with Gasteiger partial charge in [-0.25, -0.2) is 9.97 Å². The molecule has 0 amide bonds. The molecule has 2 heterocycles. The van der Waals surface area contributed by atoms with Crippen molar-refractivity contribution in [2.45, 2.75) is 12.5 Å². The van der Waals surface area contributed by atoms with Crippen molar-refractivity contribution in [1.82, 2.24) is 9.97 Å². The molecule has 2 rings (SSSR count). The lowest BCUT2D eigenvalue weighted by atomic mass is 10.0. The number of aromatic nitrogens is 2. The highest BCUT2D eigenvalue weighted by molar-refractivity contribution is 5.41. The molecule has 1 aliphatic rings. The second-order valence-corrected chi connectivity index (χ2v) is 2.83. The lowest BCUT2D eigenvalue weighted by Gasteiger charge is -2.40. The Kier molecular flexibility index (Phi) is 1.91. The van der Waals surface area contributed by atoms with Crippen LogP contribution < -0.4 is 4.90 Å². The summed E-state index contributed by atoms with van der Waals surface area (Å²) in [5.74, 6) is 0.857. The summed E-state index contributed by atoms with van der Waals surface area (Å²) in [6, 6.07) is 2.08. The maximum atomic E-state index is 8.92. The number of nitrogens with zero attached hydrogens (tertiary/aromatic N) is 3. The number of hydrogen-bond acceptors (Lipinski definition) is 4. The third-order valence-electron chi connectivity index (χ3n) is 2.17. The highest BCUT2D eigenvalue weighted by Crippen LogP contribution is 2.22. The Bertz CT molecular complexity index is 250. The van der Waals surface area contributed by atoms with Gasteiger partial charge in [-0.3, -0.25) is 0 Å². The van der Waals surface area contributed by atoms with Gasteiger partial charge in [0.1, 0.15) is 5.82 Å². The van der Waals surface area contributed by atoms with Crippen LogP contribution in [0.2, 0.25) is 0 Å². The standard InChI is InChI=1S/C8H10N3O/c12-5-7-2-4-11(7)8-1-3-9-6-10-8/h1,3,7,12H,2,4-5H2. The third kappa shape index (κ3) is 1.14. The second kappa shape index (κ2) is 3.06.